The Hall–Kier alpha value is -1.55. The summed E-state index contributed by atoms with van der Waals surface area (Å²) in [5.41, 5.74) is 7.27. The zero-order valence-electron chi connectivity index (χ0n) is 9.99. The standard InChI is InChI=1S/C13H15ClN4/c14-10-5-9(6-11(15)7-10)13-16-12(17-18-13)8-3-1-2-4-8/h5-8H,1-4,15H2,(H,16,17,18). The highest BCUT2D eigenvalue weighted by Gasteiger charge is 2.20. The Morgan fingerprint density at radius 3 is 2.72 bits per heavy atom. The SMILES string of the molecule is Nc1cc(Cl)cc(-c2n[nH]c(C3CCCC3)n2)c1. The van der Waals surface area contributed by atoms with E-state index in [4.69, 9.17) is 17.3 Å². The topological polar surface area (TPSA) is 67.6 Å². The molecule has 0 aliphatic heterocycles. The van der Waals surface area contributed by atoms with Crippen LogP contribution in [0.15, 0.2) is 18.2 Å². The first-order chi connectivity index (χ1) is 8.72. The van der Waals surface area contributed by atoms with Crippen LogP contribution in [0.4, 0.5) is 5.69 Å². The lowest BCUT2D eigenvalue weighted by molar-refractivity contribution is 0.672. The van der Waals surface area contributed by atoms with Crippen molar-refractivity contribution in [3.8, 4) is 11.4 Å². The molecule has 2 aromatic rings. The average Bonchev–Trinajstić information content (AvgIpc) is 2.99. The van der Waals surface area contributed by atoms with Crippen molar-refractivity contribution in [1.29, 1.82) is 0 Å². The van der Waals surface area contributed by atoms with Crippen LogP contribution in [0.1, 0.15) is 37.4 Å². The van der Waals surface area contributed by atoms with Crippen molar-refractivity contribution in [2.75, 3.05) is 5.73 Å². The number of nitrogens with zero attached hydrogens (tertiary/aromatic N) is 2. The molecule has 5 heteroatoms. The Bertz CT molecular complexity index is 538. The first-order valence-corrected chi connectivity index (χ1v) is 6.59. The van der Waals surface area contributed by atoms with Crippen LogP contribution in [0, 0.1) is 0 Å². The molecule has 0 bridgehead atoms. The van der Waals surface area contributed by atoms with Crippen molar-refractivity contribution in [3.05, 3.63) is 29.0 Å². The molecule has 0 atom stereocenters. The van der Waals surface area contributed by atoms with Crippen LogP contribution >= 0.6 is 11.6 Å². The molecular formula is C13H15ClN4. The number of nitrogen functional groups attached to an aromatic ring is 1. The van der Waals surface area contributed by atoms with Crippen molar-refractivity contribution in [3.63, 3.8) is 0 Å². The first kappa shape index (κ1) is 11.5. The molecule has 1 aliphatic rings. The summed E-state index contributed by atoms with van der Waals surface area (Å²) in [6.45, 7) is 0. The van der Waals surface area contributed by atoms with Crippen LogP contribution in [0.25, 0.3) is 11.4 Å². The smallest absolute Gasteiger partial charge is 0.181 e. The molecule has 1 heterocycles. The Morgan fingerprint density at radius 1 is 1.22 bits per heavy atom. The van der Waals surface area contributed by atoms with Gasteiger partial charge in [-0.15, -0.1) is 0 Å². The molecule has 1 aromatic carbocycles. The molecule has 0 radical (unpaired) electrons. The zero-order chi connectivity index (χ0) is 12.5. The number of rotatable bonds is 2. The summed E-state index contributed by atoms with van der Waals surface area (Å²) in [6.07, 6.45) is 4.97. The molecule has 1 fully saturated rings. The summed E-state index contributed by atoms with van der Waals surface area (Å²) < 4.78 is 0. The van der Waals surface area contributed by atoms with Crippen molar-refractivity contribution in [1.82, 2.24) is 15.2 Å². The van der Waals surface area contributed by atoms with E-state index < -0.39 is 0 Å². The molecule has 0 amide bonds. The van der Waals surface area contributed by atoms with Crippen LogP contribution in [0.5, 0.6) is 0 Å². The largest absolute Gasteiger partial charge is 0.399 e. The molecule has 0 spiro atoms. The summed E-state index contributed by atoms with van der Waals surface area (Å²) in [4.78, 5) is 4.56. The molecule has 1 aliphatic carbocycles. The minimum atomic E-state index is 0.530. The molecule has 94 valence electrons. The van der Waals surface area contributed by atoms with Crippen LogP contribution in [-0.2, 0) is 0 Å². The lowest BCUT2D eigenvalue weighted by atomic mass is 10.1. The van der Waals surface area contributed by atoms with Gasteiger partial charge in [0.1, 0.15) is 5.82 Å². The van der Waals surface area contributed by atoms with Gasteiger partial charge in [0.25, 0.3) is 0 Å². The third-order valence-electron chi connectivity index (χ3n) is 3.42. The highest BCUT2D eigenvalue weighted by molar-refractivity contribution is 6.31. The van der Waals surface area contributed by atoms with E-state index in [9.17, 15) is 0 Å². The van der Waals surface area contributed by atoms with Crippen LogP contribution in [-0.4, -0.2) is 15.2 Å². The van der Waals surface area contributed by atoms with Gasteiger partial charge >= 0.3 is 0 Å². The fraction of sp³-hybridized carbons (Fsp3) is 0.385. The summed E-state index contributed by atoms with van der Waals surface area (Å²) in [6, 6.07) is 5.39. The molecular weight excluding hydrogens is 248 g/mol. The van der Waals surface area contributed by atoms with E-state index in [0.29, 0.717) is 22.5 Å². The Balaban J connectivity index is 1.92. The van der Waals surface area contributed by atoms with E-state index in [0.717, 1.165) is 11.4 Å². The van der Waals surface area contributed by atoms with Crippen LogP contribution in [0.2, 0.25) is 5.02 Å². The van der Waals surface area contributed by atoms with Crippen molar-refractivity contribution < 1.29 is 0 Å². The van der Waals surface area contributed by atoms with Gasteiger partial charge < -0.3 is 5.73 Å². The highest BCUT2D eigenvalue weighted by Crippen LogP contribution is 2.33. The Kier molecular flexibility index (Phi) is 2.96. The minimum absolute atomic E-state index is 0.530. The molecule has 4 nitrogen and oxygen atoms in total. The van der Waals surface area contributed by atoms with E-state index in [-0.39, 0.29) is 0 Å². The maximum Gasteiger partial charge on any atom is 0.181 e. The number of nitrogens with two attached hydrogens (primary N) is 1. The van der Waals surface area contributed by atoms with E-state index in [1.807, 2.05) is 12.1 Å². The van der Waals surface area contributed by atoms with Crippen LogP contribution in [0.3, 0.4) is 0 Å². The summed E-state index contributed by atoms with van der Waals surface area (Å²) in [5.74, 6) is 2.19. The number of aromatic amines is 1. The number of anilines is 1. The molecule has 0 saturated heterocycles. The number of H-pyrrole nitrogens is 1. The summed E-state index contributed by atoms with van der Waals surface area (Å²) in [5, 5.41) is 7.91. The molecule has 18 heavy (non-hydrogen) atoms. The predicted molar refractivity (Wildman–Crippen MR) is 72.5 cm³/mol. The normalized spacial score (nSPS) is 16.3. The van der Waals surface area contributed by atoms with Gasteiger partial charge in [-0.05, 0) is 31.0 Å². The maximum atomic E-state index is 5.99. The van der Waals surface area contributed by atoms with Crippen LogP contribution < -0.4 is 5.73 Å². The van der Waals surface area contributed by atoms with E-state index in [1.54, 1.807) is 6.07 Å². The van der Waals surface area contributed by atoms with Gasteiger partial charge in [-0.2, -0.15) is 5.10 Å². The van der Waals surface area contributed by atoms with Gasteiger partial charge in [-0.25, -0.2) is 4.98 Å². The van der Waals surface area contributed by atoms with Crippen molar-refractivity contribution in [2.24, 2.45) is 0 Å². The Labute approximate surface area is 111 Å². The van der Waals surface area contributed by atoms with Gasteiger partial charge in [0.15, 0.2) is 5.82 Å². The molecule has 3 rings (SSSR count). The lowest BCUT2D eigenvalue weighted by Crippen LogP contribution is -1.94. The van der Waals surface area contributed by atoms with E-state index in [2.05, 4.69) is 15.2 Å². The average molecular weight is 263 g/mol. The third-order valence-corrected chi connectivity index (χ3v) is 3.64. The zero-order valence-corrected chi connectivity index (χ0v) is 10.7. The van der Waals surface area contributed by atoms with Gasteiger partial charge in [0, 0.05) is 22.2 Å². The first-order valence-electron chi connectivity index (χ1n) is 6.21. The Morgan fingerprint density at radius 2 is 2.00 bits per heavy atom. The second kappa shape index (κ2) is 4.61. The van der Waals surface area contributed by atoms with E-state index >= 15 is 0 Å². The van der Waals surface area contributed by atoms with Crippen molar-refractivity contribution >= 4 is 17.3 Å². The molecule has 1 aromatic heterocycles. The number of halogens is 1. The molecule has 3 N–H and O–H groups in total. The fourth-order valence-corrected chi connectivity index (χ4v) is 2.77. The number of nitrogens with one attached hydrogen (secondary N) is 1. The third kappa shape index (κ3) is 2.20. The fourth-order valence-electron chi connectivity index (χ4n) is 2.53. The quantitative estimate of drug-likeness (QED) is 0.816. The summed E-state index contributed by atoms with van der Waals surface area (Å²) >= 11 is 5.99. The number of hydrogen-bond acceptors (Lipinski definition) is 3. The van der Waals surface area contributed by atoms with Gasteiger partial charge in [-0.1, -0.05) is 24.4 Å². The lowest BCUT2D eigenvalue weighted by Gasteiger charge is -2.02. The van der Waals surface area contributed by atoms with Gasteiger partial charge in [0.05, 0.1) is 0 Å². The van der Waals surface area contributed by atoms with Crippen molar-refractivity contribution in [2.45, 2.75) is 31.6 Å². The molecule has 1 saturated carbocycles. The number of hydrogen-bond donors (Lipinski definition) is 2. The summed E-state index contributed by atoms with van der Waals surface area (Å²) in [7, 11) is 0. The minimum Gasteiger partial charge on any atom is -0.399 e. The predicted octanol–water partition coefficient (Wildman–Crippen LogP) is 3.36. The van der Waals surface area contributed by atoms with E-state index in [1.165, 1.54) is 25.7 Å². The second-order valence-corrected chi connectivity index (χ2v) is 5.24. The van der Waals surface area contributed by atoms with Gasteiger partial charge in [-0.3, -0.25) is 5.10 Å². The maximum absolute atomic E-state index is 5.99. The van der Waals surface area contributed by atoms with Gasteiger partial charge in [0.2, 0.25) is 0 Å². The molecule has 0 unspecified atom stereocenters. The monoisotopic (exact) mass is 262 g/mol. The number of benzene rings is 1. The highest BCUT2D eigenvalue weighted by atomic mass is 35.5. The number of aromatic nitrogens is 3. The second-order valence-electron chi connectivity index (χ2n) is 4.80.